The number of hydrogen-bond acceptors (Lipinski definition) is 7. The van der Waals surface area contributed by atoms with Gasteiger partial charge in [0.05, 0.1) is 25.1 Å². The lowest BCUT2D eigenvalue weighted by Gasteiger charge is -2.21. The summed E-state index contributed by atoms with van der Waals surface area (Å²) in [5, 5.41) is 10.6. The number of nitrogens with one attached hydrogen (secondary N) is 2. The number of nitrogens with zero attached hydrogens (tertiary/aromatic N) is 3. The molecule has 3 aromatic rings. The molecule has 0 spiro atoms. The van der Waals surface area contributed by atoms with Crippen molar-refractivity contribution in [3.05, 3.63) is 41.6 Å². The molecule has 2 aromatic heterocycles. The Hall–Kier alpha value is -3.29. The van der Waals surface area contributed by atoms with Crippen LogP contribution in [0.2, 0.25) is 0 Å². The number of carbonyl (C=O) groups is 1. The number of rotatable bonds is 5. The van der Waals surface area contributed by atoms with Crippen LogP contribution in [0.25, 0.3) is 5.65 Å². The molecule has 8 nitrogen and oxygen atoms in total. The summed E-state index contributed by atoms with van der Waals surface area (Å²) in [5.41, 5.74) is 2.78. The lowest BCUT2D eigenvalue weighted by atomic mass is 10.1. The summed E-state index contributed by atoms with van der Waals surface area (Å²) in [4.78, 5) is 16.8. The number of carbonyl (C=O) groups excluding carboxylic acids is 1. The first-order chi connectivity index (χ1) is 13.2. The lowest BCUT2D eigenvalue weighted by molar-refractivity contribution is 0.0528. The molecule has 0 aliphatic carbocycles. The molecule has 8 heteroatoms. The summed E-state index contributed by atoms with van der Waals surface area (Å²) in [6, 6.07) is 7.86. The van der Waals surface area contributed by atoms with Gasteiger partial charge in [0, 0.05) is 13.1 Å². The number of esters is 1. The van der Waals surface area contributed by atoms with Gasteiger partial charge in [-0.25, -0.2) is 9.78 Å². The molecule has 0 saturated carbocycles. The van der Waals surface area contributed by atoms with Gasteiger partial charge in [-0.1, -0.05) is 12.1 Å². The number of anilines is 3. The lowest BCUT2D eigenvalue weighted by Crippen LogP contribution is -2.11. The highest BCUT2D eigenvalue weighted by Crippen LogP contribution is 2.35. The van der Waals surface area contributed by atoms with E-state index in [0.29, 0.717) is 36.1 Å². The minimum atomic E-state index is -0.445. The molecule has 27 heavy (non-hydrogen) atoms. The fraction of sp³-hybridized carbons (Fsp3) is 0.316. The number of aryl methyl sites for hydroxylation is 1. The maximum atomic E-state index is 12.2. The Morgan fingerprint density at radius 3 is 3.11 bits per heavy atom. The summed E-state index contributed by atoms with van der Waals surface area (Å²) in [6.45, 7) is 2.76. The molecule has 0 atom stereocenters. The first-order valence-electron chi connectivity index (χ1n) is 8.96. The van der Waals surface area contributed by atoms with E-state index in [4.69, 9.17) is 9.47 Å². The second-order valence-corrected chi connectivity index (χ2v) is 6.16. The van der Waals surface area contributed by atoms with Gasteiger partial charge in [-0.05, 0) is 31.4 Å². The third-order valence-electron chi connectivity index (χ3n) is 4.42. The van der Waals surface area contributed by atoms with Crippen LogP contribution in [0, 0.1) is 0 Å². The van der Waals surface area contributed by atoms with Gasteiger partial charge in [0.15, 0.2) is 5.65 Å². The van der Waals surface area contributed by atoms with E-state index < -0.39 is 5.97 Å². The molecule has 0 amide bonds. The molecule has 2 N–H and O–H groups in total. The molecule has 140 valence electrons. The Balaban J connectivity index is 1.76. The van der Waals surface area contributed by atoms with Crippen molar-refractivity contribution in [1.82, 2.24) is 14.6 Å². The fourth-order valence-corrected chi connectivity index (χ4v) is 3.18. The highest BCUT2D eigenvalue weighted by Gasteiger charge is 2.19. The van der Waals surface area contributed by atoms with Crippen LogP contribution in [0.15, 0.2) is 30.5 Å². The van der Waals surface area contributed by atoms with Gasteiger partial charge in [0.1, 0.15) is 22.9 Å². The quantitative estimate of drug-likeness (QED) is 0.670. The van der Waals surface area contributed by atoms with Crippen LogP contribution >= 0.6 is 0 Å². The predicted octanol–water partition coefficient (Wildman–Crippen LogP) is 3.02. The zero-order valence-electron chi connectivity index (χ0n) is 15.3. The predicted molar refractivity (Wildman–Crippen MR) is 102 cm³/mol. The van der Waals surface area contributed by atoms with Crippen LogP contribution in [0.1, 0.15) is 29.3 Å². The van der Waals surface area contributed by atoms with Crippen molar-refractivity contribution < 1.29 is 14.3 Å². The van der Waals surface area contributed by atoms with Gasteiger partial charge in [0.2, 0.25) is 0 Å². The molecule has 0 saturated heterocycles. The van der Waals surface area contributed by atoms with Crippen LogP contribution in [0.5, 0.6) is 5.75 Å². The van der Waals surface area contributed by atoms with Gasteiger partial charge in [-0.3, -0.25) is 0 Å². The first kappa shape index (κ1) is 17.1. The van der Waals surface area contributed by atoms with E-state index in [1.165, 1.54) is 11.8 Å². The van der Waals surface area contributed by atoms with Crippen molar-refractivity contribution in [3.8, 4) is 5.75 Å². The summed E-state index contributed by atoms with van der Waals surface area (Å²) in [7, 11) is 1.79. The monoisotopic (exact) mass is 367 g/mol. The van der Waals surface area contributed by atoms with Crippen molar-refractivity contribution in [2.24, 2.45) is 0 Å². The average Bonchev–Trinajstić information content (AvgIpc) is 3.12. The molecular formula is C19H21N5O3. The second kappa shape index (κ2) is 7.14. The van der Waals surface area contributed by atoms with E-state index in [-0.39, 0.29) is 0 Å². The van der Waals surface area contributed by atoms with Crippen LogP contribution in [-0.4, -0.2) is 40.8 Å². The molecule has 3 heterocycles. The molecule has 0 bridgehead atoms. The highest BCUT2D eigenvalue weighted by atomic mass is 16.5. The van der Waals surface area contributed by atoms with Crippen LogP contribution in [-0.2, 0) is 11.2 Å². The topological polar surface area (TPSA) is 89.8 Å². The maximum absolute atomic E-state index is 12.2. The average molecular weight is 367 g/mol. The smallest absolute Gasteiger partial charge is 0.343 e. The number of aromatic nitrogens is 3. The third-order valence-corrected chi connectivity index (χ3v) is 4.42. The normalized spacial score (nSPS) is 13.0. The molecule has 1 aliphatic heterocycles. The minimum absolute atomic E-state index is 0.292. The van der Waals surface area contributed by atoms with E-state index >= 15 is 0 Å². The third kappa shape index (κ3) is 3.14. The number of para-hydroxylation sites is 1. The van der Waals surface area contributed by atoms with E-state index in [0.717, 1.165) is 24.3 Å². The Labute approximate surface area is 156 Å². The van der Waals surface area contributed by atoms with Crippen molar-refractivity contribution in [1.29, 1.82) is 0 Å². The fourth-order valence-electron chi connectivity index (χ4n) is 3.18. The Morgan fingerprint density at radius 2 is 2.30 bits per heavy atom. The maximum Gasteiger partial charge on any atom is 0.343 e. The summed E-state index contributed by atoms with van der Waals surface area (Å²) in [6.07, 6.45) is 3.48. The Morgan fingerprint density at radius 1 is 1.41 bits per heavy atom. The van der Waals surface area contributed by atoms with Crippen molar-refractivity contribution in [2.75, 3.05) is 30.9 Å². The van der Waals surface area contributed by atoms with E-state index in [1.807, 2.05) is 18.2 Å². The highest BCUT2D eigenvalue weighted by molar-refractivity contribution is 5.96. The Bertz CT molecular complexity index is 998. The molecular weight excluding hydrogens is 346 g/mol. The van der Waals surface area contributed by atoms with Crippen molar-refractivity contribution in [2.45, 2.75) is 19.8 Å². The van der Waals surface area contributed by atoms with Crippen LogP contribution < -0.4 is 15.4 Å². The van der Waals surface area contributed by atoms with Crippen LogP contribution in [0.3, 0.4) is 0 Å². The van der Waals surface area contributed by atoms with Gasteiger partial charge >= 0.3 is 5.97 Å². The molecule has 4 rings (SSSR count). The van der Waals surface area contributed by atoms with Gasteiger partial charge in [0.25, 0.3) is 0 Å². The first-order valence-corrected chi connectivity index (χ1v) is 8.96. The zero-order valence-corrected chi connectivity index (χ0v) is 15.3. The molecule has 1 aromatic carbocycles. The van der Waals surface area contributed by atoms with E-state index in [2.05, 4.69) is 26.8 Å². The SMILES string of the molecule is CCOC(=O)c1cnn2c(NC)cc(Nc3cccc4c3OCCC4)nc12. The van der Waals surface area contributed by atoms with Gasteiger partial charge in [-0.2, -0.15) is 9.61 Å². The number of fused-ring (bicyclic) bond motifs is 2. The summed E-state index contributed by atoms with van der Waals surface area (Å²) < 4.78 is 12.5. The minimum Gasteiger partial charge on any atom is -0.491 e. The molecule has 1 aliphatic rings. The van der Waals surface area contributed by atoms with E-state index in [1.54, 1.807) is 18.5 Å². The zero-order chi connectivity index (χ0) is 18.8. The molecule has 0 fully saturated rings. The molecule has 0 radical (unpaired) electrons. The molecule has 0 unspecified atom stereocenters. The van der Waals surface area contributed by atoms with E-state index in [9.17, 15) is 4.79 Å². The number of ether oxygens (including phenoxy) is 2. The van der Waals surface area contributed by atoms with Crippen molar-refractivity contribution >= 4 is 28.9 Å². The standard InChI is InChI=1S/C19H21N5O3/c1-3-26-19(25)13-11-21-24-16(20-2)10-15(23-18(13)24)22-14-8-4-6-12-7-5-9-27-17(12)14/h4,6,8,10-11,20H,3,5,7,9H2,1-2H3,(H,22,23). The van der Waals surface area contributed by atoms with Gasteiger partial charge < -0.3 is 20.1 Å². The second-order valence-electron chi connectivity index (χ2n) is 6.16. The van der Waals surface area contributed by atoms with Gasteiger partial charge in [-0.15, -0.1) is 0 Å². The summed E-state index contributed by atoms with van der Waals surface area (Å²) >= 11 is 0. The number of hydrogen-bond donors (Lipinski definition) is 2. The summed E-state index contributed by atoms with van der Waals surface area (Å²) in [5.74, 6) is 1.69. The van der Waals surface area contributed by atoms with Crippen LogP contribution in [0.4, 0.5) is 17.3 Å². The van der Waals surface area contributed by atoms with Crippen molar-refractivity contribution in [3.63, 3.8) is 0 Å². The Kier molecular flexibility index (Phi) is 4.53. The number of benzene rings is 1. The largest absolute Gasteiger partial charge is 0.491 e.